The summed E-state index contributed by atoms with van der Waals surface area (Å²) in [6.07, 6.45) is 0. The van der Waals surface area contributed by atoms with Crippen LogP contribution in [0, 0.1) is 5.41 Å². The van der Waals surface area contributed by atoms with Crippen LogP contribution in [0.2, 0.25) is 0 Å². The van der Waals surface area contributed by atoms with Gasteiger partial charge in [0.15, 0.2) is 0 Å². The highest BCUT2D eigenvalue weighted by Crippen LogP contribution is 2.63. The molecule has 13 rings (SSSR count). The van der Waals surface area contributed by atoms with Gasteiger partial charge in [0.2, 0.25) is 0 Å². The van der Waals surface area contributed by atoms with Gasteiger partial charge in [-0.05, 0) is 172 Å². The lowest BCUT2D eigenvalue weighted by Gasteiger charge is -2.44. The summed E-state index contributed by atoms with van der Waals surface area (Å²) in [6, 6.07) is 70.6. The number of nitrogens with zero attached hydrogens (tertiary/aromatic N) is 1. The summed E-state index contributed by atoms with van der Waals surface area (Å²) in [6.45, 7) is 24.2. The third-order valence-corrected chi connectivity index (χ3v) is 18.6. The Balaban J connectivity index is 0.932. The number of rotatable bonds is 6. The zero-order chi connectivity index (χ0) is 49.0. The minimum Gasteiger partial charge on any atom is -0.456 e. The third-order valence-electron chi connectivity index (χ3n) is 18.6. The van der Waals surface area contributed by atoms with Gasteiger partial charge >= 0.3 is 0 Å². The van der Waals surface area contributed by atoms with Crippen LogP contribution in [0.25, 0.3) is 77.6 Å². The van der Waals surface area contributed by atoms with Crippen LogP contribution in [-0.2, 0) is 21.7 Å². The molecule has 71 heavy (non-hydrogen) atoms. The lowest BCUT2D eigenvalue weighted by atomic mass is 9.59. The summed E-state index contributed by atoms with van der Waals surface area (Å²) in [5, 5.41) is 2.29. The molecule has 0 N–H and O–H groups in total. The molecule has 10 aromatic rings. The van der Waals surface area contributed by atoms with Crippen LogP contribution in [-0.4, -0.2) is 0 Å². The summed E-state index contributed by atoms with van der Waals surface area (Å²) in [7, 11) is 0. The molecule has 0 amide bonds. The Labute approximate surface area is 419 Å². The van der Waals surface area contributed by atoms with Gasteiger partial charge in [0.1, 0.15) is 11.2 Å². The quantitative estimate of drug-likeness (QED) is 0.165. The first-order valence-corrected chi connectivity index (χ1v) is 25.6. The number of fused-ring (bicyclic) bond motifs is 10. The van der Waals surface area contributed by atoms with Gasteiger partial charge in [0.25, 0.3) is 0 Å². The average Bonchev–Trinajstić information content (AvgIpc) is 3.98. The molecule has 0 radical (unpaired) electrons. The standard InChI is InChI=1S/C69H61NO/c1-65(2)56-20-14-11-17-50(56)51-35-33-49(41-59(51)65)70(47-29-23-42(24-30-47)44-27-34-53-52-18-13-16-22-62(52)71-63(53)40-44)48-31-25-43(26-32-48)46-37-55(64-54-19-12-15-21-57(54)66(3,4)61(64)39-46)45-28-36-58-60(38-45)68(7,8)69(9,10)67(58,5)6/h11-41H,1-10H3. The molecule has 1 heterocycles. The molecule has 0 saturated heterocycles. The Kier molecular flexibility index (Phi) is 9.09. The van der Waals surface area contributed by atoms with Crippen molar-refractivity contribution in [1.82, 2.24) is 0 Å². The summed E-state index contributed by atoms with van der Waals surface area (Å²) < 4.78 is 6.31. The molecule has 1 aromatic heterocycles. The van der Waals surface area contributed by atoms with Crippen molar-refractivity contribution in [3.63, 3.8) is 0 Å². The summed E-state index contributed by atoms with van der Waals surface area (Å²) in [5.41, 5.74) is 26.2. The maximum Gasteiger partial charge on any atom is 0.136 e. The van der Waals surface area contributed by atoms with E-state index in [9.17, 15) is 0 Å². The fraction of sp³-hybridized carbons (Fsp3) is 0.217. The third kappa shape index (κ3) is 6.07. The average molecular weight is 920 g/mol. The second kappa shape index (κ2) is 14.8. The van der Waals surface area contributed by atoms with Crippen molar-refractivity contribution in [2.45, 2.75) is 90.9 Å². The fourth-order valence-electron chi connectivity index (χ4n) is 13.2. The van der Waals surface area contributed by atoms with Crippen LogP contribution in [0.5, 0.6) is 0 Å². The molecule has 0 unspecified atom stereocenters. The number of benzene rings is 9. The molecule has 2 heteroatoms. The zero-order valence-corrected chi connectivity index (χ0v) is 42.8. The topological polar surface area (TPSA) is 16.4 Å². The van der Waals surface area contributed by atoms with Crippen LogP contribution < -0.4 is 4.90 Å². The number of hydrogen-bond acceptors (Lipinski definition) is 2. The van der Waals surface area contributed by atoms with Gasteiger partial charge in [-0.1, -0.05) is 191 Å². The molecule has 3 aliphatic carbocycles. The Bertz CT molecular complexity index is 3830. The zero-order valence-electron chi connectivity index (χ0n) is 42.8. The van der Waals surface area contributed by atoms with Gasteiger partial charge in [0, 0.05) is 38.7 Å². The van der Waals surface area contributed by atoms with Crippen LogP contribution >= 0.6 is 0 Å². The molecule has 9 aromatic carbocycles. The predicted molar refractivity (Wildman–Crippen MR) is 300 cm³/mol. The van der Waals surface area contributed by atoms with Gasteiger partial charge < -0.3 is 9.32 Å². The number of anilines is 3. The van der Waals surface area contributed by atoms with Crippen molar-refractivity contribution in [3.05, 3.63) is 221 Å². The van der Waals surface area contributed by atoms with E-state index in [2.05, 4.69) is 250 Å². The minimum absolute atomic E-state index is 0.00412. The molecule has 3 aliphatic rings. The lowest BCUT2D eigenvalue weighted by molar-refractivity contribution is 0.125. The molecular weight excluding hydrogens is 859 g/mol. The van der Waals surface area contributed by atoms with Gasteiger partial charge in [0.05, 0.1) is 0 Å². The molecule has 348 valence electrons. The van der Waals surface area contributed by atoms with Crippen LogP contribution in [0.1, 0.15) is 103 Å². The SMILES string of the molecule is CC1(C)c2ccccc2-c2ccc(N(c3ccc(-c4cc(-c5ccc6c(c5)C(C)(C)C(C)(C)C6(C)C)c5c(c4)C(C)(C)c4ccccc4-5)cc3)c3ccc(-c4ccc5c(c4)oc4ccccc45)cc3)cc21. The second-order valence-corrected chi connectivity index (χ2v) is 23.4. The Morgan fingerprint density at radius 1 is 0.310 bits per heavy atom. The fourth-order valence-corrected chi connectivity index (χ4v) is 13.2. The highest BCUT2D eigenvalue weighted by Gasteiger charge is 2.56. The van der Waals surface area contributed by atoms with E-state index < -0.39 is 0 Å². The second-order valence-electron chi connectivity index (χ2n) is 23.4. The maximum absolute atomic E-state index is 6.31. The minimum atomic E-state index is -0.154. The van der Waals surface area contributed by atoms with E-state index in [1.807, 2.05) is 12.1 Å². The molecule has 0 fully saturated rings. The van der Waals surface area contributed by atoms with E-state index in [0.717, 1.165) is 50.1 Å². The first-order chi connectivity index (χ1) is 34.0. The van der Waals surface area contributed by atoms with Crippen LogP contribution in [0.15, 0.2) is 192 Å². The van der Waals surface area contributed by atoms with Gasteiger partial charge in [-0.3, -0.25) is 0 Å². The Hall–Kier alpha value is -7.42. The van der Waals surface area contributed by atoms with Crippen molar-refractivity contribution in [1.29, 1.82) is 0 Å². The van der Waals surface area contributed by atoms with E-state index in [-0.39, 0.29) is 27.1 Å². The molecule has 0 aliphatic heterocycles. The van der Waals surface area contributed by atoms with E-state index in [0.29, 0.717) is 0 Å². The molecule has 0 atom stereocenters. The monoisotopic (exact) mass is 919 g/mol. The normalized spacial score (nSPS) is 16.9. The molecular formula is C69H61NO. The predicted octanol–water partition coefficient (Wildman–Crippen LogP) is 19.3. The summed E-state index contributed by atoms with van der Waals surface area (Å²) in [4.78, 5) is 2.43. The van der Waals surface area contributed by atoms with Crippen LogP contribution in [0.3, 0.4) is 0 Å². The van der Waals surface area contributed by atoms with E-state index in [1.54, 1.807) is 0 Å². The summed E-state index contributed by atoms with van der Waals surface area (Å²) in [5.74, 6) is 0. The van der Waals surface area contributed by atoms with Crippen molar-refractivity contribution in [2.24, 2.45) is 5.41 Å². The van der Waals surface area contributed by atoms with Gasteiger partial charge in [-0.2, -0.15) is 0 Å². The summed E-state index contributed by atoms with van der Waals surface area (Å²) >= 11 is 0. The van der Waals surface area contributed by atoms with Crippen LogP contribution in [0.4, 0.5) is 17.1 Å². The van der Waals surface area contributed by atoms with E-state index >= 15 is 0 Å². The Morgan fingerprint density at radius 2 is 0.831 bits per heavy atom. The van der Waals surface area contributed by atoms with Crippen molar-refractivity contribution in [3.8, 4) is 55.6 Å². The Morgan fingerprint density at radius 3 is 1.55 bits per heavy atom. The molecule has 2 nitrogen and oxygen atoms in total. The molecule has 0 spiro atoms. The number of para-hydroxylation sites is 1. The largest absolute Gasteiger partial charge is 0.456 e. The first-order valence-electron chi connectivity index (χ1n) is 25.6. The molecule has 0 saturated carbocycles. The number of hydrogen-bond donors (Lipinski definition) is 0. The highest BCUT2D eigenvalue weighted by molar-refractivity contribution is 6.06. The number of furan rings is 1. The van der Waals surface area contributed by atoms with Crippen molar-refractivity contribution in [2.75, 3.05) is 4.90 Å². The smallest absolute Gasteiger partial charge is 0.136 e. The lowest BCUT2D eigenvalue weighted by Crippen LogP contribution is -2.42. The van der Waals surface area contributed by atoms with Crippen molar-refractivity contribution >= 4 is 39.0 Å². The van der Waals surface area contributed by atoms with E-state index in [1.165, 1.54) is 77.9 Å². The van der Waals surface area contributed by atoms with E-state index in [4.69, 9.17) is 4.42 Å². The maximum atomic E-state index is 6.31. The first kappa shape index (κ1) is 43.6. The van der Waals surface area contributed by atoms with Crippen molar-refractivity contribution < 1.29 is 4.42 Å². The van der Waals surface area contributed by atoms with Gasteiger partial charge in [-0.25, -0.2) is 0 Å². The molecule has 0 bridgehead atoms. The highest BCUT2D eigenvalue weighted by atomic mass is 16.3. The van der Waals surface area contributed by atoms with Gasteiger partial charge in [-0.15, -0.1) is 0 Å².